The van der Waals surface area contributed by atoms with Crippen molar-refractivity contribution in [2.75, 3.05) is 7.05 Å². The van der Waals surface area contributed by atoms with E-state index in [1.54, 1.807) is 7.05 Å². The minimum atomic E-state index is -4.45. The van der Waals surface area contributed by atoms with E-state index in [1.165, 1.54) is 0 Å². The van der Waals surface area contributed by atoms with Gasteiger partial charge >= 0.3 is 6.18 Å². The zero-order valence-electron chi connectivity index (χ0n) is 12.2. The van der Waals surface area contributed by atoms with Gasteiger partial charge in [0.05, 0.1) is 5.56 Å². The van der Waals surface area contributed by atoms with Crippen molar-refractivity contribution < 1.29 is 17.6 Å². The number of rotatable bonds is 4. The first-order chi connectivity index (χ1) is 9.04. The molecule has 0 heterocycles. The van der Waals surface area contributed by atoms with Gasteiger partial charge in [-0.1, -0.05) is 20.8 Å². The van der Waals surface area contributed by atoms with Gasteiger partial charge in [-0.2, -0.15) is 13.2 Å². The first-order valence-electron chi connectivity index (χ1n) is 6.58. The van der Waals surface area contributed by atoms with Gasteiger partial charge in [0.1, 0.15) is 5.82 Å². The molecule has 1 N–H and O–H groups in total. The third-order valence-electron chi connectivity index (χ3n) is 3.23. The van der Waals surface area contributed by atoms with E-state index >= 15 is 0 Å². The summed E-state index contributed by atoms with van der Waals surface area (Å²) in [6.45, 7) is 6.13. The maximum Gasteiger partial charge on any atom is 0.416 e. The summed E-state index contributed by atoms with van der Waals surface area (Å²) in [4.78, 5) is 0. The van der Waals surface area contributed by atoms with Gasteiger partial charge in [0.25, 0.3) is 0 Å². The fourth-order valence-corrected chi connectivity index (χ4v) is 2.02. The third-order valence-corrected chi connectivity index (χ3v) is 3.23. The van der Waals surface area contributed by atoms with Crippen molar-refractivity contribution >= 4 is 0 Å². The highest BCUT2D eigenvalue weighted by Gasteiger charge is 2.32. The Kier molecular flexibility index (Phi) is 5.19. The number of alkyl halides is 3. The Balaban J connectivity index is 3.02. The fraction of sp³-hybridized carbons (Fsp3) is 0.600. The van der Waals surface area contributed by atoms with E-state index in [1.807, 2.05) is 20.8 Å². The maximum absolute atomic E-state index is 13.8. The Hall–Kier alpha value is -1.10. The summed E-state index contributed by atoms with van der Waals surface area (Å²) >= 11 is 0. The molecule has 0 fully saturated rings. The topological polar surface area (TPSA) is 12.0 Å². The molecule has 5 heteroatoms. The van der Waals surface area contributed by atoms with Crippen molar-refractivity contribution in [2.45, 2.75) is 45.8 Å². The van der Waals surface area contributed by atoms with Gasteiger partial charge < -0.3 is 5.32 Å². The summed E-state index contributed by atoms with van der Waals surface area (Å²) in [7, 11) is 1.63. The molecule has 0 bridgehead atoms. The number of benzene rings is 1. The Morgan fingerprint density at radius 2 is 1.75 bits per heavy atom. The normalized spacial score (nSPS) is 14.4. The van der Waals surface area contributed by atoms with Crippen LogP contribution in [0.3, 0.4) is 0 Å². The van der Waals surface area contributed by atoms with E-state index < -0.39 is 23.6 Å². The van der Waals surface area contributed by atoms with Crippen LogP contribution in [0.1, 0.15) is 50.8 Å². The van der Waals surface area contributed by atoms with E-state index in [-0.39, 0.29) is 11.0 Å². The van der Waals surface area contributed by atoms with Crippen LogP contribution in [0.15, 0.2) is 18.2 Å². The lowest BCUT2D eigenvalue weighted by Gasteiger charge is -2.24. The quantitative estimate of drug-likeness (QED) is 0.775. The van der Waals surface area contributed by atoms with E-state index in [2.05, 4.69) is 5.32 Å². The number of hydrogen-bond acceptors (Lipinski definition) is 1. The largest absolute Gasteiger partial charge is 0.416 e. The molecule has 0 saturated heterocycles. The summed E-state index contributed by atoms with van der Waals surface area (Å²) < 4.78 is 51.9. The monoisotopic (exact) mass is 291 g/mol. The van der Waals surface area contributed by atoms with Crippen molar-refractivity contribution in [3.05, 3.63) is 35.1 Å². The summed E-state index contributed by atoms with van der Waals surface area (Å²) in [5.74, 6) is -0.605. The van der Waals surface area contributed by atoms with Crippen LogP contribution in [-0.2, 0) is 6.18 Å². The van der Waals surface area contributed by atoms with Gasteiger partial charge in [0.2, 0.25) is 0 Å². The first kappa shape index (κ1) is 17.0. The lowest BCUT2D eigenvalue weighted by molar-refractivity contribution is -0.137. The molecule has 20 heavy (non-hydrogen) atoms. The van der Waals surface area contributed by atoms with Crippen LogP contribution < -0.4 is 5.32 Å². The molecule has 1 unspecified atom stereocenters. The molecule has 0 saturated carbocycles. The Morgan fingerprint density at radius 3 is 2.20 bits per heavy atom. The van der Waals surface area contributed by atoms with Gasteiger partial charge in [-0.25, -0.2) is 4.39 Å². The third kappa shape index (κ3) is 4.78. The number of nitrogens with one attached hydrogen (secondary N) is 1. The number of halogens is 4. The molecule has 1 atom stereocenters. The zero-order valence-corrected chi connectivity index (χ0v) is 12.2. The van der Waals surface area contributed by atoms with Crippen molar-refractivity contribution in [3.8, 4) is 0 Å². The van der Waals surface area contributed by atoms with E-state index in [0.29, 0.717) is 6.42 Å². The molecule has 0 spiro atoms. The molecule has 114 valence electrons. The molecule has 1 rings (SSSR count). The standard InChI is InChI=1S/C15H21F4N/c1-14(2,3)8-7-13(20-4)11-9-10(15(17,18)19)5-6-12(11)16/h5-6,9,13,20H,7-8H2,1-4H3. The van der Waals surface area contributed by atoms with E-state index in [4.69, 9.17) is 0 Å². The van der Waals surface area contributed by atoms with Crippen LogP contribution in [-0.4, -0.2) is 7.05 Å². The molecule has 1 aromatic rings. The van der Waals surface area contributed by atoms with Gasteiger partial charge in [-0.05, 0) is 43.5 Å². The van der Waals surface area contributed by atoms with Gasteiger partial charge in [0.15, 0.2) is 0 Å². The summed E-state index contributed by atoms with van der Waals surface area (Å²) in [6.07, 6.45) is -3.09. The second-order valence-corrected chi connectivity index (χ2v) is 6.17. The Labute approximate surface area is 117 Å². The second-order valence-electron chi connectivity index (χ2n) is 6.17. The van der Waals surface area contributed by atoms with Crippen LogP contribution in [0.5, 0.6) is 0 Å². The van der Waals surface area contributed by atoms with E-state index in [0.717, 1.165) is 24.6 Å². The smallest absolute Gasteiger partial charge is 0.313 e. The van der Waals surface area contributed by atoms with Gasteiger partial charge in [-0.3, -0.25) is 0 Å². The predicted octanol–water partition coefficient (Wildman–Crippen LogP) is 4.93. The van der Waals surface area contributed by atoms with Crippen LogP contribution >= 0.6 is 0 Å². The summed E-state index contributed by atoms with van der Waals surface area (Å²) in [6, 6.07) is 2.14. The Bertz CT molecular complexity index is 446. The molecule has 1 aromatic carbocycles. The molecule has 0 radical (unpaired) electrons. The van der Waals surface area contributed by atoms with Crippen LogP contribution in [0, 0.1) is 11.2 Å². The average molecular weight is 291 g/mol. The fourth-order valence-electron chi connectivity index (χ4n) is 2.02. The van der Waals surface area contributed by atoms with Crippen LogP contribution in [0.4, 0.5) is 17.6 Å². The SMILES string of the molecule is CNC(CCC(C)(C)C)c1cc(C(F)(F)F)ccc1F. The van der Waals surface area contributed by atoms with Crippen molar-refractivity contribution in [1.82, 2.24) is 5.32 Å². The van der Waals surface area contributed by atoms with E-state index in [9.17, 15) is 17.6 Å². The van der Waals surface area contributed by atoms with Gasteiger partial charge in [0, 0.05) is 11.6 Å². The highest BCUT2D eigenvalue weighted by molar-refractivity contribution is 5.29. The molecular formula is C15H21F4N. The minimum absolute atomic E-state index is 0.0488. The molecule has 0 aliphatic carbocycles. The predicted molar refractivity (Wildman–Crippen MR) is 71.9 cm³/mol. The van der Waals surface area contributed by atoms with Gasteiger partial charge in [-0.15, -0.1) is 0 Å². The maximum atomic E-state index is 13.8. The zero-order chi connectivity index (χ0) is 15.6. The highest BCUT2D eigenvalue weighted by Crippen LogP contribution is 2.34. The number of hydrogen-bond donors (Lipinski definition) is 1. The summed E-state index contributed by atoms with van der Waals surface area (Å²) in [5.41, 5.74) is -0.691. The average Bonchev–Trinajstić information content (AvgIpc) is 2.29. The highest BCUT2D eigenvalue weighted by atomic mass is 19.4. The lowest BCUT2D eigenvalue weighted by Crippen LogP contribution is -2.21. The van der Waals surface area contributed by atoms with Crippen LogP contribution in [0.25, 0.3) is 0 Å². The summed E-state index contributed by atoms with van der Waals surface area (Å²) in [5, 5.41) is 2.90. The van der Waals surface area contributed by atoms with Crippen molar-refractivity contribution in [2.24, 2.45) is 5.41 Å². The Morgan fingerprint density at radius 1 is 1.15 bits per heavy atom. The second kappa shape index (κ2) is 6.12. The lowest BCUT2D eigenvalue weighted by atomic mass is 9.87. The van der Waals surface area contributed by atoms with Crippen molar-refractivity contribution in [3.63, 3.8) is 0 Å². The first-order valence-corrected chi connectivity index (χ1v) is 6.58. The molecule has 0 aliphatic rings. The molecule has 1 nitrogen and oxygen atoms in total. The molecule has 0 aliphatic heterocycles. The molecular weight excluding hydrogens is 270 g/mol. The molecule has 0 aromatic heterocycles. The van der Waals surface area contributed by atoms with Crippen LogP contribution in [0.2, 0.25) is 0 Å². The molecule has 0 amide bonds. The minimum Gasteiger partial charge on any atom is -0.313 e. The van der Waals surface area contributed by atoms with Crippen molar-refractivity contribution in [1.29, 1.82) is 0 Å².